The molecule has 19 heavy (non-hydrogen) atoms. The van der Waals surface area contributed by atoms with Crippen LogP contribution in [-0.4, -0.2) is 35.3 Å². The second-order valence-electron chi connectivity index (χ2n) is 4.72. The van der Waals surface area contributed by atoms with E-state index in [1.165, 1.54) is 12.1 Å². The van der Waals surface area contributed by atoms with Gasteiger partial charge in [0.15, 0.2) is 5.11 Å². The van der Waals surface area contributed by atoms with Crippen molar-refractivity contribution in [3.63, 3.8) is 0 Å². The fraction of sp³-hybridized carbons (Fsp3) is 0.462. The van der Waals surface area contributed by atoms with Gasteiger partial charge < -0.3 is 15.0 Å². The van der Waals surface area contributed by atoms with Crippen LogP contribution in [0.3, 0.4) is 0 Å². The molecule has 0 unspecified atom stereocenters. The molecule has 1 aromatic rings. The Morgan fingerprint density at radius 2 is 1.95 bits per heavy atom. The normalized spacial score (nSPS) is 23.3. The summed E-state index contributed by atoms with van der Waals surface area (Å²) < 4.78 is 31.9. The first-order chi connectivity index (χ1) is 8.95. The molecule has 1 heterocycles. The van der Waals surface area contributed by atoms with Crippen molar-refractivity contribution >= 4 is 23.0 Å². The fourth-order valence-corrected chi connectivity index (χ4v) is 2.39. The molecule has 0 radical (unpaired) electrons. The Morgan fingerprint density at radius 1 is 1.32 bits per heavy atom. The summed E-state index contributed by atoms with van der Waals surface area (Å²) >= 11 is 5.25. The van der Waals surface area contributed by atoms with Gasteiger partial charge in [-0.2, -0.15) is 0 Å². The molecule has 3 nitrogen and oxygen atoms in total. The lowest BCUT2D eigenvalue weighted by Gasteiger charge is -2.36. The number of hydrogen-bond donors (Lipinski definition) is 1. The predicted octanol–water partition coefficient (Wildman–Crippen LogP) is 2.77. The van der Waals surface area contributed by atoms with E-state index in [0.29, 0.717) is 18.2 Å². The summed E-state index contributed by atoms with van der Waals surface area (Å²) in [5, 5.41) is 3.23. The highest BCUT2D eigenvalue weighted by Gasteiger charge is 2.24. The van der Waals surface area contributed by atoms with Crippen LogP contribution in [0.25, 0.3) is 0 Å². The molecular weight excluding hydrogens is 270 g/mol. The van der Waals surface area contributed by atoms with Crippen LogP contribution in [0.5, 0.6) is 0 Å². The van der Waals surface area contributed by atoms with Gasteiger partial charge in [0.2, 0.25) is 0 Å². The van der Waals surface area contributed by atoms with E-state index in [4.69, 9.17) is 17.0 Å². The lowest BCUT2D eigenvalue weighted by molar-refractivity contribution is -0.0473. The molecule has 0 bridgehead atoms. The van der Waals surface area contributed by atoms with Crippen molar-refractivity contribution in [3.8, 4) is 0 Å². The van der Waals surface area contributed by atoms with Crippen molar-refractivity contribution in [1.29, 1.82) is 0 Å². The number of halogens is 2. The highest BCUT2D eigenvalue weighted by atomic mass is 32.1. The minimum atomic E-state index is -0.656. The molecule has 1 aliphatic heterocycles. The van der Waals surface area contributed by atoms with Crippen LogP contribution in [0.4, 0.5) is 14.5 Å². The average molecular weight is 286 g/mol. The van der Waals surface area contributed by atoms with Gasteiger partial charge in [0.25, 0.3) is 0 Å². The molecule has 1 N–H and O–H groups in total. The maximum absolute atomic E-state index is 13.5. The lowest BCUT2D eigenvalue weighted by atomic mass is 10.2. The quantitative estimate of drug-likeness (QED) is 0.802. The SMILES string of the molecule is C[C@@H]1CN(C(=S)Nc2ccc(F)cc2F)C[C@H](C)O1. The monoisotopic (exact) mass is 286 g/mol. The molecule has 104 valence electrons. The summed E-state index contributed by atoms with van der Waals surface area (Å²) in [6.07, 6.45) is 0.142. The number of morpholine rings is 1. The Bertz CT molecular complexity index is 474. The summed E-state index contributed by atoms with van der Waals surface area (Å²) in [6.45, 7) is 5.23. The molecule has 0 aliphatic carbocycles. The Balaban J connectivity index is 2.04. The van der Waals surface area contributed by atoms with Crippen LogP contribution in [0.1, 0.15) is 13.8 Å². The third-order valence-electron chi connectivity index (χ3n) is 2.88. The largest absolute Gasteiger partial charge is 0.372 e. The Labute approximate surface area is 116 Å². The van der Waals surface area contributed by atoms with Crippen molar-refractivity contribution < 1.29 is 13.5 Å². The summed E-state index contributed by atoms with van der Waals surface area (Å²) in [6, 6.07) is 3.36. The summed E-state index contributed by atoms with van der Waals surface area (Å²) in [5.41, 5.74) is 0.179. The van der Waals surface area contributed by atoms with E-state index in [9.17, 15) is 8.78 Å². The van der Waals surface area contributed by atoms with Crippen molar-refractivity contribution in [2.75, 3.05) is 18.4 Å². The van der Waals surface area contributed by atoms with Crippen LogP contribution in [0, 0.1) is 11.6 Å². The lowest BCUT2D eigenvalue weighted by Crippen LogP contribution is -2.49. The standard InChI is InChI=1S/C13H16F2N2OS/c1-8-6-17(7-9(2)18-8)13(19)16-12-4-3-10(14)5-11(12)15/h3-5,8-9H,6-7H2,1-2H3,(H,16,19)/t8-,9+. The maximum atomic E-state index is 13.5. The number of thiocarbonyl (C=S) groups is 1. The van der Waals surface area contributed by atoms with Gasteiger partial charge in [-0.3, -0.25) is 0 Å². The van der Waals surface area contributed by atoms with Gasteiger partial charge in [0.1, 0.15) is 11.6 Å². The number of ether oxygens (including phenoxy) is 1. The highest BCUT2D eigenvalue weighted by Crippen LogP contribution is 2.17. The van der Waals surface area contributed by atoms with E-state index in [1.54, 1.807) is 0 Å². The van der Waals surface area contributed by atoms with Crippen LogP contribution < -0.4 is 5.32 Å². The summed E-state index contributed by atoms with van der Waals surface area (Å²) in [7, 11) is 0. The van der Waals surface area contributed by atoms with Crippen molar-refractivity contribution in [3.05, 3.63) is 29.8 Å². The van der Waals surface area contributed by atoms with E-state index >= 15 is 0 Å². The molecule has 2 atom stereocenters. The van der Waals surface area contributed by atoms with Crippen LogP contribution in [0.15, 0.2) is 18.2 Å². The molecule has 1 fully saturated rings. The van der Waals surface area contributed by atoms with Crippen molar-refractivity contribution in [2.24, 2.45) is 0 Å². The summed E-state index contributed by atoms with van der Waals surface area (Å²) in [5.74, 6) is -1.26. The molecule has 0 amide bonds. The summed E-state index contributed by atoms with van der Waals surface area (Å²) in [4.78, 5) is 1.93. The number of hydrogen-bond acceptors (Lipinski definition) is 2. The van der Waals surface area contributed by atoms with Crippen molar-refractivity contribution in [2.45, 2.75) is 26.1 Å². The van der Waals surface area contributed by atoms with Crippen LogP contribution in [-0.2, 0) is 4.74 Å². The first kappa shape index (κ1) is 14.1. The fourth-order valence-electron chi connectivity index (χ4n) is 2.13. The van der Waals surface area contributed by atoms with Crippen molar-refractivity contribution in [1.82, 2.24) is 4.90 Å². The number of benzene rings is 1. The van der Waals surface area contributed by atoms with E-state index in [1.807, 2.05) is 18.7 Å². The first-order valence-corrected chi connectivity index (χ1v) is 6.53. The van der Waals surface area contributed by atoms with Gasteiger partial charge >= 0.3 is 0 Å². The molecule has 0 aromatic heterocycles. The zero-order chi connectivity index (χ0) is 14.0. The van der Waals surface area contributed by atoms with E-state index < -0.39 is 11.6 Å². The number of nitrogens with one attached hydrogen (secondary N) is 1. The number of anilines is 1. The average Bonchev–Trinajstić information content (AvgIpc) is 2.31. The molecule has 6 heteroatoms. The van der Waals surface area contributed by atoms with Crippen LogP contribution in [0.2, 0.25) is 0 Å². The number of rotatable bonds is 1. The Kier molecular flexibility index (Phi) is 4.31. The molecule has 0 saturated carbocycles. The highest BCUT2D eigenvalue weighted by molar-refractivity contribution is 7.80. The predicted molar refractivity (Wildman–Crippen MR) is 74.2 cm³/mol. The minimum absolute atomic E-state index is 0.0709. The van der Waals surface area contributed by atoms with Gasteiger partial charge in [0, 0.05) is 19.2 Å². The topological polar surface area (TPSA) is 24.5 Å². The number of nitrogens with zero attached hydrogens (tertiary/aromatic N) is 1. The second-order valence-corrected chi connectivity index (χ2v) is 5.10. The third-order valence-corrected chi connectivity index (χ3v) is 3.24. The Morgan fingerprint density at radius 3 is 2.53 bits per heavy atom. The first-order valence-electron chi connectivity index (χ1n) is 6.12. The minimum Gasteiger partial charge on any atom is -0.372 e. The van der Waals surface area contributed by atoms with Gasteiger partial charge in [-0.15, -0.1) is 0 Å². The molecular formula is C13H16F2N2OS. The third kappa shape index (κ3) is 3.61. The molecule has 1 aliphatic rings. The molecule has 2 rings (SSSR count). The van der Waals surface area contributed by atoms with Gasteiger partial charge in [-0.1, -0.05) is 0 Å². The van der Waals surface area contributed by atoms with Gasteiger partial charge in [0.05, 0.1) is 17.9 Å². The van der Waals surface area contributed by atoms with E-state index in [2.05, 4.69) is 5.32 Å². The zero-order valence-electron chi connectivity index (χ0n) is 10.8. The smallest absolute Gasteiger partial charge is 0.173 e. The zero-order valence-corrected chi connectivity index (χ0v) is 11.6. The van der Waals surface area contributed by atoms with E-state index in [-0.39, 0.29) is 17.9 Å². The van der Waals surface area contributed by atoms with Gasteiger partial charge in [-0.05, 0) is 38.2 Å². The molecule has 1 saturated heterocycles. The van der Waals surface area contributed by atoms with Gasteiger partial charge in [-0.25, -0.2) is 8.78 Å². The van der Waals surface area contributed by atoms with E-state index in [0.717, 1.165) is 6.07 Å². The van der Waals surface area contributed by atoms with Crippen LogP contribution >= 0.6 is 12.2 Å². The second kappa shape index (κ2) is 5.79. The Hall–Kier alpha value is -1.27. The maximum Gasteiger partial charge on any atom is 0.173 e. The molecule has 1 aromatic carbocycles. The molecule has 0 spiro atoms.